The van der Waals surface area contributed by atoms with Crippen LogP contribution < -0.4 is 0 Å². The number of hydrogen-bond acceptors (Lipinski definition) is 4. The summed E-state index contributed by atoms with van der Waals surface area (Å²) in [6.07, 6.45) is 1.97. The molecule has 0 bridgehead atoms. The number of carbonyl (C=O) groups excluding carboxylic acids is 2. The van der Waals surface area contributed by atoms with Gasteiger partial charge in [-0.15, -0.1) is 0 Å². The van der Waals surface area contributed by atoms with Gasteiger partial charge in [0.25, 0.3) is 0 Å². The molecule has 0 amide bonds. The number of isocyanates is 2. The van der Waals surface area contributed by atoms with Crippen molar-refractivity contribution in [1.29, 1.82) is 0 Å². The lowest BCUT2D eigenvalue weighted by Crippen LogP contribution is -1.95. The minimum atomic E-state index is -0.819. The lowest BCUT2D eigenvalue weighted by atomic mass is 10.0. The Kier molecular flexibility index (Phi) is 3.69. The fourth-order valence-corrected chi connectivity index (χ4v) is 1.38. The summed E-state index contributed by atoms with van der Waals surface area (Å²) in [5.41, 5.74) is 2.74. The first-order valence-corrected chi connectivity index (χ1v) is 4.40. The molecule has 0 spiro atoms. The molecule has 0 aromatic heterocycles. The van der Waals surface area contributed by atoms with Gasteiger partial charge < -0.3 is 0 Å². The van der Waals surface area contributed by atoms with Crippen molar-refractivity contribution in [1.82, 2.24) is 0 Å². The highest BCUT2D eigenvalue weighted by molar-refractivity contribution is 5.41. The second-order valence-electron chi connectivity index (χ2n) is 3.17. The molecule has 1 aromatic rings. The smallest absolute Gasteiger partial charge is 0.211 e. The Labute approximate surface area is 87.4 Å². The van der Waals surface area contributed by atoms with Gasteiger partial charge in [-0.05, 0) is 19.4 Å². The van der Waals surface area contributed by atoms with Crippen LogP contribution in [0, 0.1) is 13.8 Å². The van der Waals surface area contributed by atoms with E-state index in [2.05, 4.69) is 9.98 Å². The summed E-state index contributed by atoms with van der Waals surface area (Å²) in [6.45, 7) is 3.83. The first kappa shape index (κ1) is 11.1. The Hall–Kier alpha value is -2.02. The van der Waals surface area contributed by atoms with Crippen LogP contribution in [-0.2, 0) is 9.59 Å². The Morgan fingerprint density at radius 2 is 1.73 bits per heavy atom. The summed E-state index contributed by atoms with van der Waals surface area (Å²) >= 11 is 0. The predicted octanol–water partition coefficient (Wildman–Crippen LogP) is 1.97. The third-order valence-electron chi connectivity index (χ3n) is 2.05. The molecule has 0 N–H and O–H groups in total. The number of aliphatic imine (C=N–C) groups is 2. The molecule has 0 unspecified atom stereocenters. The van der Waals surface area contributed by atoms with E-state index in [1.807, 2.05) is 26.0 Å². The quantitative estimate of drug-likeness (QED) is 0.555. The van der Waals surface area contributed by atoms with E-state index in [0.29, 0.717) is 5.56 Å². The standard InChI is InChI=1S/C11H10N2O2/c1-8-3-4-10(9(2)5-8)11(12-6-14)13-7-15/h3-5,11H,1-2H3. The molecule has 15 heavy (non-hydrogen) atoms. The number of nitrogens with zero attached hydrogens (tertiary/aromatic N) is 2. The van der Waals surface area contributed by atoms with Crippen LogP contribution in [0.2, 0.25) is 0 Å². The molecule has 0 radical (unpaired) electrons. The Morgan fingerprint density at radius 1 is 1.13 bits per heavy atom. The summed E-state index contributed by atoms with van der Waals surface area (Å²) in [4.78, 5) is 27.2. The zero-order chi connectivity index (χ0) is 11.3. The van der Waals surface area contributed by atoms with Gasteiger partial charge in [-0.2, -0.15) is 9.98 Å². The van der Waals surface area contributed by atoms with Crippen molar-refractivity contribution in [3.8, 4) is 0 Å². The fraction of sp³-hybridized carbons (Fsp3) is 0.273. The first-order chi connectivity index (χ1) is 7.19. The van der Waals surface area contributed by atoms with Gasteiger partial charge in [0.15, 0.2) is 6.17 Å². The van der Waals surface area contributed by atoms with Crippen molar-refractivity contribution < 1.29 is 9.59 Å². The van der Waals surface area contributed by atoms with E-state index in [9.17, 15) is 9.59 Å². The van der Waals surface area contributed by atoms with Gasteiger partial charge in [0.1, 0.15) is 0 Å². The van der Waals surface area contributed by atoms with E-state index in [1.165, 1.54) is 12.2 Å². The number of aryl methyl sites for hydroxylation is 2. The van der Waals surface area contributed by atoms with Crippen molar-refractivity contribution >= 4 is 12.2 Å². The van der Waals surface area contributed by atoms with Crippen molar-refractivity contribution in [3.63, 3.8) is 0 Å². The highest BCUT2D eigenvalue weighted by Crippen LogP contribution is 2.22. The summed E-state index contributed by atoms with van der Waals surface area (Å²) in [5, 5.41) is 0. The van der Waals surface area contributed by atoms with Crippen LogP contribution in [0.3, 0.4) is 0 Å². The first-order valence-electron chi connectivity index (χ1n) is 4.40. The van der Waals surface area contributed by atoms with Gasteiger partial charge in [0.05, 0.1) is 0 Å². The normalized spacial score (nSPS) is 11.1. The Balaban J connectivity index is 3.22. The lowest BCUT2D eigenvalue weighted by molar-refractivity contribution is 0.551. The van der Waals surface area contributed by atoms with E-state index in [1.54, 1.807) is 6.07 Å². The maximum Gasteiger partial charge on any atom is 0.237 e. The zero-order valence-electron chi connectivity index (χ0n) is 8.52. The van der Waals surface area contributed by atoms with Gasteiger partial charge >= 0.3 is 0 Å². The van der Waals surface area contributed by atoms with Crippen LogP contribution in [0.4, 0.5) is 0 Å². The molecule has 0 saturated carbocycles. The molecule has 4 heteroatoms. The van der Waals surface area contributed by atoms with E-state index < -0.39 is 6.17 Å². The van der Waals surface area contributed by atoms with Gasteiger partial charge in [0.2, 0.25) is 12.2 Å². The van der Waals surface area contributed by atoms with Crippen molar-refractivity contribution in [2.24, 2.45) is 9.98 Å². The second kappa shape index (κ2) is 5.01. The molecular weight excluding hydrogens is 192 g/mol. The molecule has 1 aromatic carbocycles. The Bertz CT molecular complexity index is 438. The van der Waals surface area contributed by atoms with Crippen LogP contribution in [0.5, 0.6) is 0 Å². The maximum atomic E-state index is 10.2. The highest BCUT2D eigenvalue weighted by Gasteiger charge is 2.10. The average Bonchev–Trinajstić information content (AvgIpc) is 2.17. The SMILES string of the molecule is Cc1ccc(C(N=C=O)N=C=O)c(C)c1. The summed E-state index contributed by atoms with van der Waals surface area (Å²) in [7, 11) is 0. The molecule has 0 atom stereocenters. The zero-order valence-corrected chi connectivity index (χ0v) is 8.52. The predicted molar refractivity (Wildman–Crippen MR) is 54.9 cm³/mol. The summed E-state index contributed by atoms with van der Waals surface area (Å²) < 4.78 is 0. The third kappa shape index (κ3) is 2.71. The molecule has 1 rings (SSSR count). The molecule has 0 aliphatic carbocycles. The molecule has 0 fully saturated rings. The van der Waals surface area contributed by atoms with E-state index in [0.717, 1.165) is 11.1 Å². The fourth-order valence-electron chi connectivity index (χ4n) is 1.38. The second-order valence-corrected chi connectivity index (χ2v) is 3.17. The summed E-state index contributed by atoms with van der Waals surface area (Å²) in [5.74, 6) is 0. The van der Waals surface area contributed by atoms with Crippen LogP contribution in [0.15, 0.2) is 28.2 Å². The molecule has 0 heterocycles. The molecule has 4 nitrogen and oxygen atoms in total. The van der Waals surface area contributed by atoms with E-state index in [4.69, 9.17) is 0 Å². The van der Waals surface area contributed by atoms with Gasteiger partial charge in [-0.25, -0.2) is 9.59 Å². The minimum absolute atomic E-state index is 0.715. The third-order valence-corrected chi connectivity index (χ3v) is 2.05. The van der Waals surface area contributed by atoms with E-state index >= 15 is 0 Å². The van der Waals surface area contributed by atoms with Crippen molar-refractivity contribution in [2.45, 2.75) is 20.0 Å². The minimum Gasteiger partial charge on any atom is -0.211 e. The average molecular weight is 202 g/mol. The number of benzene rings is 1. The molecular formula is C11H10N2O2. The van der Waals surface area contributed by atoms with Crippen LogP contribution in [0.1, 0.15) is 22.9 Å². The largest absolute Gasteiger partial charge is 0.237 e. The van der Waals surface area contributed by atoms with Crippen molar-refractivity contribution in [2.75, 3.05) is 0 Å². The molecule has 76 valence electrons. The molecule has 0 saturated heterocycles. The number of rotatable bonds is 3. The number of hydrogen-bond donors (Lipinski definition) is 0. The topological polar surface area (TPSA) is 58.9 Å². The maximum absolute atomic E-state index is 10.2. The van der Waals surface area contributed by atoms with E-state index in [-0.39, 0.29) is 0 Å². The Morgan fingerprint density at radius 3 is 2.20 bits per heavy atom. The van der Waals surface area contributed by atoms with Crippen LogP contribution in [0.25, 0.3) is 0 Å². The van der Waals surface area contributed by atoms with Crippen molar-refractivity contribution in [3.05, 3.63) is 34.9 Å². The highest BCUT2D eigenvalue weighted by atomic mass is 16.1. The van der Waals surface area contributed by atoms with Gasteiger partial charge in [-0.3, -0.25) is 0 Å². The molecule has 0 aliphatic rings. The van der Waals surface area contributed by atoms with Crippen LogP contribution in [-0.4, -0.2) is 12.2 Å². The van der Waals surface area contributed by atoms with Crippen LogP contribution >= 0.6 is 0 Å². The summed E-state index contributed by atoms with van der Waals surface area (Å²) in [6, 6.07) is 5.59. The van der Waals surface area contributed by atoms with Gasteiger partial charge in [0, 0.05) is 5.56 Å². The van der Waals surface area contributed by atoms with Gasteiger partial charge in [-0.1, -0.05) is 23.8 Å². The lowest BCUT2D eigenvalue weighted by Gasteiger charge is -2.08. The molecule has 0 aliphatic heterocycles. The monoisotopic (exact) mass is 202 g/mol.